The van der Waals surface area contributed by atoms with Crippen LogP contribution >= 0.6 is 0 Å². The summed E-state index contributed by atoms with van der Waals surface area (Å²) in [5.74, 6) is -1.05. The van der Waals surface area contributed by atoms with Crippen LogP contribution in [0.15, 0.2) is 34.7 Å². The van der Waals surface area contributed by atoms with E-state index in [0.29, 0.717) is 24.8 Å². The molecule has 1 aromatic heterocycles. The Balaban J connectivity index is 1.60. The van der Waals surface area contributed by atoms with E-state index in [9.17, 15) is 14.7 Å². The largest absolute Gasteiger partial charge is 0.472 e. The normalized spacial score (nSPS) is 46.7. The quantitative estimate of drug-likeness (QED) is 0.777. The van der Waals surface area contributed by atoms with Crippen molar-refractivity contribution >= 4 is 11.9 Å². The van der Waals surface area contributed by atoms with Crippen LogP contribution in [0.5, 0.6) is 0 Å². The second kappa shape index (κ2) is 4.80. The maximum absolute atomic E-state index is 12.7. The van der Waals surface area contributed by atoms with Gasteiger partial charge in [-0.3, -0.25) is 0 Å². The van der Waals surface area contributed by atoms with Crippen molar-refractivity contribution in [3.05, 3.63) is 35.8 Å². The van der Waals surface area contributed by atoms with Crippen LogP contribution in [0.2, 0.25) is 0 Å². The number of ether oxygens (including phenoxy) is 2. The average Bonchev–Trinajstić information content (AvgIpc) is 3.26. The molecule has 1 saturated carbocycles. The molecule has 1 N–H and O–H groups in total. The minimum Gasteiger partial charge on any atom is -0.472 e. The van der Waals surface area contributed by atoms with Crippen molar-refractivity contribution in [1.29, 1.82) is 0 Å². The van der Waals surface area contributed by atoms with Crippen molar-refractivity contribution in [1.82, 2.24) is 0 Å². The molecule has 4 aliphatic rings. The molecule has 0 amide bonds. The van der Waals surface area contributed by atoms with E-state index in [-0.39, 0.29) is 30.5 Å². The molecule has 0 spiro atoms. The number of hydrogen-bond donors (Lipinski definition) is 1. The molecule has 6 nitrogen and oxygen atoms in total. The van der Waals surface area contributed by atoms with Gasteiger partial charge in [-0.15, -0.1) is 0 Å². The minimum absolute atomic E-state index is 0.0000935. The molecular formula is C20H22O6. The van der Waals surface area contributed by atoms with Crippen LogP contribution in [-0.4, -0.2) is 29.3 Å². The van der Waals surface area contributed by atoms with Crippen molar-refractivity contribution in [2.45, 2.75) is 44.8 Å². The Morgan fingerprint density at radius 1 is 1.27 bits per heavy atom. The number of carbonyl (C=O) groups excluding carboxylic acids is 2. The van der Waals surface area contributed by atoms with Crippen LogP contribution in [0.25, 0.3) is 0 Å². The molecule has 1 aromatic rings. The summed E-state index contributed by atoms with van der Waals surface area (Å²) < 4.78 is 16.0. The number of furan rings is 1. The first-order valence-electron chi connectivity index (χ1n) is 9.14. The van der Waals surface area contributed by atoms with E-state index in [2.05, 4.69) is 6.92 Å². The minimum atomic E-state index is -1.48. The molecule has 6 heteroatoms. The molecule has 0 bridgehead atoms. The molecular weight excluding hydrogens is 336 g/mol. The Kier molecular flexibility index (Phi) is 2.97. The summed E-state index contributed by atoms with van der Waals surface area (Å²) in [7, 11) is 0. The first kappa shape index (κ1) is 16.1. The van der Waals surface area contributed by atoms with Gasteiger partial charge in [0.05, 0.1) is 19.1 Å². The smallest absolute Gasteiger partial charge is 0.339 e. The van der Waals surface area contributed by atoms with E-state index in [1.165, 1.54) is 0 Å². The predicted octanol–water partition coefficient (Wildman–Crippen LogP) is 2.53. The average molecular weight is 358 g/mol. The fourth-order valence-electron chi connectivity index (χ4n) is 6.15. The standard InChI is InChI=1S/C20H22O6/c1-18-8-14(11-4-6-24-9-11)26-16(21)13(18)3-5-19(2)15(18)7-12-10-25-17(22)20(12,19)23/h3-4,6,9,12,14-15,23H,5,7-8,10H2,1-2H3/t12-,14-,15-,18+,19+,20-/m0/s1. The Bertz CT molecular complexity index is 825. The van der Waals surface area contributed by atoms with Crippen LogP contribution < -0.4 is 0 Å². The zero-order valence-electron chi connectivity index (χ0n) is 14.9. The fourth-order valence-corrected chi connectivity index (χ4v) is 6.15. The second-order valence-electron chi connectivity index (χ2n) is 8.66. The molecule has 0 aromatic carbocycles. The molecule has 0 unspecified atom stereocenters. The monoisotopic (exact) mass is 358 g/mol. The van der Waals surface area contributed by atoms with E-state index < -0.39 is 22.4 Å². The summed E-state index contributed by atoms with van der Waals surface area (Å²) in [6, 6.07) is 1.81. The van der Waals surface area contributed by atoms with Gasteiger partial charge in [0.25, 0.3) is 0 Å². The predicted molar refractivity (Wildman–Crippen MR) is 88.6 cm³/mol. The van der Waals surface area contributed by atoms with Gasteiger partial charge in [-0.25, -0.2) is 9.59 Å². The number of cyclic esters (lactones) is 2. The second-order valence-corrected chi connectivity index (χ2v) is 8.66. The van der Waals surface area contributed by atoms with E-state index in [1.807, 2.05) is 19.1 Å². The Labute approximate surface area is 151 Å². The van der Waals surface area contributed by atoms with Crippen LogP contribution in [0.4, 0.5) is 0 Å². The van der Waals surface area contributed by atoms with Gasteiger partial charge in [-0.05, 0) is 31.2 Å². The lowest BCUT2D eigenvalue weighted by Gasteiger charge is -2.53. The number of rotatable bonds is 1. The van der Waals surface area contributed by atoms with Gasteiger partial charge < -0.3 is 19.0 Å². The molecule has 138 valence electrons. The van der Waals surface area contributed by atoms with E-state index >= 15 is 0 Å². The van der Waals surface area contributed by atoms with Gasteiger partial charge in [0.1, 0.15) is 6.10 Å². The maximum atomic E-state index is 12.7. The molecule has 3 fully saturated rings. The molecule has 2 saturated heterocycles. The fraction of sp³-hybridized carbons (Fsp3) is 0.600. The molecule has 6 atom stereocenters. The van der Waals surface area contributed by atoms with Crippen molar-refractivity contribution in [3.63, 3.8) is 0 Å². The lowest BCUT2D eigenvalue weighted by molar-refractivity contribution is -0.174. The van der Waals surface area contributed by atoms with Crippen LogP contribution in [0, 0.1) is 22.7 Å². The molecule has 3 heterocycles. The van der Waals surface area contributed by atoms with Gasteiger partial charge in [-0.2, -0.15) is 0 Å². The highest BCUT2D eigenvalue weighted by Crippen LogP contribution is 2.69. The summed E-state index contributed by atoms with van der Waals surface area (Å²) >= 11 is 0. The van der Waals surface area contributed by atoms with E-state index in [0.717, 1.165) is 5.56 Å². The molecule has 2 aliphatic carbocycles. The molecule has 2 aliphatic heterocycles. The van der Waals surface area contributed by atoms with Gasteiger partial charge in [0.15, 0.2) is 5.60 Å². The first-order valence-corrected chi connectivity index (χ1v) is 9.14. The highest BCUT2D eigenvalue weighted by Gasteiger charge is 2.74. The van der Waals surface area contributed by atoms with Crippen LogP contribution in [-0.2, 0) is 19.1 Å². The number of fused-ring (bicyclic) bond motifs is 5. The van der Waals surface area contributed by atoms with Gasteiger partial charge >= 0.3 is 11.9 Å². The Hall–Kier alpha value is -2.08. The maximum Gasteiger partial charge on any atom is 0.339 e. The zero-order valence-corrected chi connectivity index (χ0v) is 14.9. The molecule has 0 radical (unpaired) electrons. The zero-order chi connectivity index (χ0) is 18.3. The summed E-state index contributed by atoms with van der Waals surface area (Å²) in [6.45, 7) is 4.29. The summed E-state index contributed by atoms with van der Waals surface area (Å²) in [5, 5.41) is 11.3. The molecule has 5 rings (SSSR count). The van der Waals surface area contributed by atoms with Crippen molar-refractivity contribution in [2.75, 3.05) is 6.61 Å². The Morgan fingerprint density at radius 2 is 2.08 bits per heavy atom. The number of allylic oxidation sites excluding steroid dienone is 1. The number of hydrogen-bond acceptors (Lipinski definition) is 6. The lowest BCUT2D eigenvalue weighted by atomic mass is 9.52. The topological polar surface area (TPSA) is 86.0 Å². The van der Waals surface area contributed by atoms with Crippen molar-refractivity contribution in [3.8, 4) is 0 Å². The third-order valence-electron chi connectivity index (χ3n) is 7.59. The SMILES string of the molecule is C[C@@]12C[C@@H](c3ccoc3)OC(=O)C1=CC[C@]1(C)[C@H]2C[C@H]2COC(=O)[C@@]21O. The van der Waals surface area contributed by atoms with Crippen molar-refractivity contribution in [2.24, 2.45) is 22.7 Å². The van der Waals surface area contributed by atoms with Crippen LogP contribution in [0.1, 0.15) is 44.8 Å². The number of carbonyl (C=O) groups is 2. The summed E-state index contributed by atoms with van der Waals surface area (Å²) in [5.41, 5.74) is -1.08. The summed E-state index contributed by atoms with van der Waals surface area (Å²) in [4.78, 5) is 25.2. The van der Waals surface area contributed by atoms with Gasteiger partial charge in [0, 0.05) is 27.9 Å². The Morgan fingerprint density at radius 3 is 2.81 bits per heavy atom. The number of esters is 2. The van der Waals surface area contributed by atoms with Gasteiger partial charge in [0.2, 0.25) is 0 Å². The number of aliphatic hydroxyl groups is 1. The van der Waals surface area contributed by atoms with E-state index in [1.54, 1.807) is 12.5 Å². The van der Waals surface area contributed by atoms with Crippen molar-refractivity contribution < 1.29 is 28.6 Å². The first-order chi connectivity index (χ1) is 12.3. The lowest BCUT2D eigenvalue weighted by Crippen LogP contribution is -2.57. The van der Waals surface area contributed by atoms with Crippen LogP contribution in [0.3, 0.4) is 0 Å². The van der Waals surface area contributed by atoms with Gasteiger partial charge in [-0.1, -0.05) is 19.9 Å². The third-order valence-corrected chi connectivity index (χ3v) is 7.59. The summed E-state index contributed by atoms with van der Waals surface area (Å²) in [6.07, 6.45) is 6.41. The third kappa shape index (κ3) is 1.66. The highest BCUT2D eigenvalue weighted by atomic mass is 16.6. The highest BCUT2D eigenvalue weighted by molar-refractivity contribution is 5.92. The van der Waals surface area contributed by atoms with E-state index in [4.69, 9.17) is 13.9 Å². The molecule has 26 heavy (non-hydrogen) atoms.